The van der Waals surface area contributed by atoms with E-state index in [0.717, 1.165) is 19.4 Å². The van der Waals surface area contributed by atoms with E-state index in [1.165, 1.54) is 6.07 Å². The first-order chi connectivity index (χ1) is 8.09. The Hall–Kier alpha value is -1.13. The molecule has 1 fully saturated rings. The molecule has 0 saturated carbocycles. The summed E-state index contributed by atoms with van der Waals surface area (Å²) in [6.45, 7) is 2.85. The Labute approximate surface area is 100 Å². The van der Waals surface area contributed by atoms with Crippen LogP contribution in [0, 0.1) is 5.82 Å². The maximum atomic E-state index is 13.7. The Morgan fingerprint density at radius 3 is 2.88 bits per heavy atom. The second-order valence-corrected chi connectivity index (χ2v) is 4.59. The quantitative estimate of drug-likeness (QED) is 0.827. The summed E-state index contributed by atoms with van der Waals surface area (Å²) in [5.41, 5.74) is 1.01. The van der Waals surface area contributed by atoms with E-state index in [-0.39, 0.29) is 6.10 Å². The van der Waals surface area contributed by atoms with Gasteiger partial charge in [0.05, 0.1) is 12.2 Å². The Kier molecular flexibility index (Phi) is 3.64. The first-order valence-electron chi connectivity index (χ1n) is 5.99. The molecule has 0 bridgehead atoms. The van der Waals surface area contributed by atoms with Crippen molar-refractivity contribution in [1.29, 1.82) is 0 Å². The number of piperidine rings is 1. The largest absolute Gasteiger partial charge is 0.391 e. The number of nitrogens with zero attached hydrogens (tertiary/aromatic N) is 1. The van der Waals surface area contributed by atoms with Crippen LogP contribution in [0.4, 0.5) is 10.1 Å². The third-order valence-electron chi connectivity index (χ3n) is 3.18. The molecule has 0 aromatic heterocycles. The summed E-state index contributed by atoms with van der Waals surface area (Å²) in [6.07, 6.45) is 0.464. The van der Waals surface area contributed by atoms with Crippen LogP contribution in [-0.2, 0) is 0 Å². The molecule has 3 nitrogen and oxygen atoms in total. The zero-order valence-corrected chi connectivity index (χ0v) is 9.93. The number of anilines is 1. The van der Waals surface area contributed by atoms with Gasteiger partial charge in [-0.05, 0) is 31.9 Å². The van der Waals surface area contributed by atoms with Crippen molar-refractivity contribution < 1.29 is 14.6 Å². The predicted octanol–water partition coefficient (Wildman–Crippen LogP) is 1.84. The summed E-state index contributed by atoms with van der Waals surface area (Å²) < 4.78 is 13.7. The highest BCUT2D eigenvalue weighted by atomic mass is 19.1. The Balaban J connectivity index is 2.34. The molecule has 1 heterocycles. The number of aliphatic hydroxyl groups is 2. The zero-order valence-electron chi connectivity index (χ0n) is 9.93. The van der Waals surface area contributed by atoms with Gasteiger partial charge in [-0.25, -0.2) is 4.39 Å². The highest BCUT2D eigenvalue weighted by molar-refractivity contribution is 5.55. The summed E-state index contributed by atoms with van der Waals surface area (Å²) in [7, 11) is 0. The van der Waals surface area contributed by atoms with Crippen molar-refractivity contribution in [1.82, 2.24) is 0 Å². The van der Waals surface area contributed by atoms with Gasteiger partial charge in [0, 0.05) is 24.3 Å². The number of aliphatic hydroxyl groups excluding tert-OH is 2. The molecule has 1 saturated heterocycles. The van der Waals surface area contributed by atoms with E-state index >= 15 is 0 Å². The van der Waals surface area contributed by atoms with Crippen molar-refractivity contribution in [3.05, 3.63) is 29.6 Å². The molecule has 94 valence electrons. The highest BCUT2D eigenvalue weighted by Crippen LogP contribution is 2.30. The molecular formula is C13H18FNO2. The maximum Gasteiger partial charge on any atom is 0.131 e. The van der Waals surface area contributed by atoms with Crippen LogP contribution in [0.2, 0.25) is 0 Å². The predicted molar refractivity (Wildman–Crippen MR) is 64.5 cm³/mol. The van der Waals surface area contributed by atoms with E-state index in [0.29, 0.717) is 17.8 Å². The minimum Gasteiger partial charge on any atom is -0.391 e. The van der Waals surface area contributed by atoms with Crippen LogP contribution < -0.4 is 4.90 Å². The number of rotatable bonds is 2. The summed E-state index contributed by atoms with van der Waals surface area (Å²) >= 11 is 0. The standard InChI is InChI=1S/C13H18FNO2/c1-9(16)13-11(14)5-2-6-12(13)15-7-3-4-10(17)8-15/h2,5-6,9-10,16-17H,3-4,7-8H2,1H3. The van der Waals surface area contributed by atoms with E-state index in [1.807, 2.05) is 4.90 Å². The van der Waals surface area contributed by atoms with Crippen LogP contribution in [0.1, 0.15) is 31.4 Å². The van der Waals surface area contributed by atoms with Gasteiger partial charge in [-0.15, -0.1) is 0 Å². The normalized spacial score (nSPS) is 22.6. The van der Waals surface area contributed by atoms with E-state index in [4.69, 9.17) is 0 Å². The molecule has 2 rings (SSSR count). The zero-order chi connectivity index (χ0) is 12.4. The van der Waals surface area contributed by atoms with Crippen molar-refractivity contribution in [2.45, 2.75) is 32.0 Å². The lowest BCUT2D eigenvalue weighted by Gasteiger charge is -2.33. The molecule has 17 heavy (non-hydrogen) atoms. The Morgan fingerprint density at radius 2 is 2.24 bits per heavy atom. The number of hydrogen-bond acceptors (Lipinski definition) is 3. The van der Waals surface area contributed by atoms with Crippen LogP contribution in [0.25, 0.3) is 0 Å². The molecule has 1 aromatic rings. The molecule has 2 unspecified atom stereocenters. The van der Waals surface area contributed by atoms with Gasteiger partial charge >= 0.3 is 0 Å². The minimum absolute atomic E-state index is 0.321. The fourth-order valence-electron chi connectivity index (χ4n) is 2.39. The minimum atomic E-state index is -0.842. The Morgan fingerprint density at radius 1 is 1.47 bits per heavy atom. The number of β-amino-alcohol motifs (C(OH)–C–C–N with tert-alkyl or cyclic N) is 1. The first kappa shape index (κ1) is 12.3. The molecule has 0 radical (unpaired) electrons. The maximum absolute atomic E-state index is 13.7. The van der Waals surface area contributed by atoms with Crippen molar-refractivity contribution in [3.8, 4) is 0 Å². The third-order valence-corrected chi connectivity index (χ3v) is 3.18. The van der Waals surface area contributed by atoms with Crippen molar-refractivity contribution in [2.75, 3.05) is 18.0 Å². The average Bonchev–Trinajstić information content (AvgIpc) is 2.28. The van der Waals surface area contributed by atoms with Gasteiger partial charge in [-0.2, -0.15) is 0 Å². The number of hydrogen-bond donors (Lipinski definition) is 2. The molecule has 2 N–H and O–H groups in total. The van der Waals surface area contributed by atoms with Crippen LogP contribution >= 0.6 is 0 Å². The fraction of sp³-hybridized carbons (Fsp3) is 0.538. The van der Waals surface area contributed by atoms with E-state index in [1.54, 1.807) is 19.1 Å². The van der Waals surface area contributed by atoms with Crippen molar-refractivity contribution in [2.24, 2.45) is 0 Å². The van der Waals surface area contributed by atoms with Gasteiger partial charge in [0.2, 0.25) is 0 Å². The first-order valence-corrected chi connectivity index (χ1v) is 5.99. The molecule has 0 amide bonds. The van der Waals surface area contributed by atoms with E-state index < -0.39 is 11.9 Å². The SMILES string of the molecule is CC(O)c1c(F)cccc1N1CCCC(O)C1. The van der Waals surface area contributed by atoms with Gasteiger partial charge in [-0.3, -0.25) is 0 Å². The van der Waals surface area contributed by atoms with Crippen molar-refractivity contribution >= 4 is 5.69 Å². The summed E-state index contributed by atoms with van der Waals surface area (Å²) in [4.78, 5) is 1.94. The second-order valence-electron chi connectivity index (χ2n) is 4.59. The van der Waals surface area contributed by atoms with Crippen LogP contribution in [-0.4, -0.2) is 29.4 Å². The van der Waals surface area contributed by atoms with Gasteiger partial charge < -0.3 is 15.1 Å². The van der Waals surface area contributed by atoms with Gasteiger partial charge in [0.15, 0.2) is 0 Å². The molecule has 0 spiro atoms. The molecular weight excluding hydrogens is 221 g/mol. The van der Waals surface area contributed by atoms with Gasteiger partial charge in [0.25, 0.3) is 0 Å². The molecule has 1 aliphatic rings. The highest BCUT2D eigenvalue weighted by Gasteiger charge is 2.23. The number of halogens is 1. The second kappa shape index (κ2) is 5.02. The average molecular weight is 239 g/mol. The molecule has 4 heteroatoms. The van der Waals surface area contributed by atoms with Crippen LogP contribution in [0.15, 0.2) is 18.2 Å². The Bertz CT molecular complexity index is 395. The van der Waals surface area contributed by atoms with Crippen LogP contribution in [0.3, 0.4) is 0 Å². The summed E-state index contributed by atoms with van der Waals surface area (Å²) in [5, 5.41) is 19.3. The lowest BCUT2D eigenvalue weighted by molar-refractivity contribution is 0.153. The van der Waals surface area contributed by atoms with Crippen LogP contribution in [0.5, 0.6) is 0 Å². The topological polar surface area (TPSA) is 43.7 Å². The van der Waals surface area contributed by atoms with E-state index in [9.17, 15) is 14.6 Å². The lowest BCUT2D eigenvalue weighted by atomic mass is 10.0. The third kappa shape index (κ3) is 2.58. The van der Waals surface area contributed by atoms with Gasteiger partial charge in [-0.1, -0.05) is 6.07 Å². The fourth-order valence-corrected chi connectivity index (χ4v) is 2.39. The van der Waals surface area contributed by atoms with Gasteiger partial charge in [0.1, 0.15) is 5.82 Å². The molecule has 1 aromatic carbocycles. The van der Waals surface area contributed by atoms with Crippen molar-refractivity contribution in [3.63, 3.8) is 0 Å². The monoisotopic (exact) mass is 239 g/mol. The molecule has 1 aliphatic heterocycles. The number of benzene rings is 1. The molecule has 0 aliphatic carbocycles. The lowest BCUT2D eigenvalue weighted by Crippen LogP contribution is -2.39. The van der Waals surface area contributed by atoms with E-state index in [2.05, 4.69) is 0 Å². The molecule has 2 atom stereocenters. The smallest absolute Gasteiger partial charge is 0.131 e. The summed E-state index contributed by atoms with van der Waals surface area (Å²) in [5.74, 6) is -0.391. The summed E-state index contributed by atoms with van der Waals surface area (Å²) in [6, 6.07) is 4.78.